The number of amides is 1. The molecule has 0 bridgehead atoms. The van der Waals surface area contributed by atoms with Gasteiger partial charge < -0.3 is 10.1 Å². The molecule has 0 atom stereocenters. The Balaban J connectivity index is 2.11. The van der Waals surface area contributed by atoms with Crippen LogP contribution in [0.1, 0.15) is 22.8 Å². The minimum absolute atomic E-state index is 0.0845. The molecule has 0 fully saturated rings. The zero-order valence-corrected chi connectivity index (χ0v) is 16.2. The summed E-state index contributed by atoms with van der Waals surface area (Å²) in [7, 11) is -2.63. The summed E-state index contributed by atoms with van der Waals surface area (Å²) in [5.41, 5.74) is 1.77. The Hall–Kier alpha value is -2.71. The van der Waals surface area contributed by atoms with E-state index in [1.807, 2.05) is 19.1 Å². The van der Waals surface area contributed by atoms with Crippen molar-refractivity contribution in [3.63, 3.8) is 0 Å². The highest BCUT2D eigenvalue weighted by molar-refractivity contribution is 7.89. The third-order valence-corrected chi connectivity index (χ3v) is 5.55. The first-order chi connectivity index (χ1) is 12.7. The molecule has 0 aromatic heterocycles. The van der Waals surface area contributed by atoms with Crippen LogP contribution in [0, 0.1) is 6.92 Å². The van der Waals surface area contributed by atoms with Crippen molar-refractivity contribution in [2.75, 3.05) is 25.5 Å². The van der Waals surface area contributed by atoms with E-state index in [1.165, 1.54) is 31.3 Å². The molecule has 144 valence electrons. The number of esters is 1. The molecule has 1 amide bonds. The Morgan fingerprint density at radius 2 is 1.78 bits per heavy atom. The lowest BCUT2D eigenvalue weighted by molar-refractivity contribution is -0.116. The third-order valence-electron chi connectivity index (χ3n) is 3.75. The van der Waals surface area contributed by atoms with Crippen LogP contribution in [-0.4, -0.2) is 44.8 Å². The first-order valence-corrected chi connectivity index (χ1v) is 9.78. The zero-order valence-electron chi connectivity index (χ0n) is 15.4. The number of hydrogen-bond donors (Lipinski definition) is 1. The summed E-state index contributed by atoms with van der Waals surface area (Å²) in [6.07, 6.45) is 0. The molecule has 0 heterocycles. The summed E-state index contributed by atoms with van der Waals surface area (Å²) in [6, 6.07) is 12.7. The van der Waals surface area contributed by atoms with Gasteiger partial charge >= 0.3 is 5.97 Å². The van der Waals surface area contributed by atoms with Gasteiger partial charge in [0.2, 0.25) is 15.9 Å². The van der Waals surface area contributed by atoms with E-state index in [-0.39, 0.29) is 23.6 Å². The minimum Gasteiger partial charge on any atom is -0.462 e. The average molecular weight is 390 g/mol. The van der Waals surface area contributed by atoms with Crippen molar-refractivity contribution >= 4 is 27.6 Å². The number of ether oxygens (including phenoxy) is 1. The normalized spacial score (nSPS) is 11.3. The summed E-state index contributed by atoms with van der Waals surface area (Å²) in [5, 5.41) is 2.65. The Morgan fingerprint density at radius 3 is 2.41 bits per heavy atom. The second-order valence-electron chi connectivity index (χ2n) is 5.92. The van der Waals surface area contributed by atoms with Gasteiger partial charge in [-0.3, -0.25) is 4.79 Å². The van der Waals surface area contributed by atoms with Gasteiger partial charge in [0.25, 0.3) is 0 Å². The van der Waals surface area contributed by atoms with Crippen LogP contribution >= 0.6 is 0 Å². The smallest absolute Gasteiger partial charge is 0.338 e. The summed E-state index contributed by atoms with van der Waals surface area (Å²) in [6.45, 7) is 3.42. The van der Waals surface area contributed by atoms with Crippen molar-refractivity contribution < 1.29 is 22.7 Å². The number of sulfonamides is 1. The number of hydrogen-bond acceptors (Lipinski definition) is 5. The fourth-order valence-electron chi connectivity index (χ4n) is 2.30. The van der Waals surface area contributed by atoms with Crippen molar-refractivity contribution in [2.45, 2.75) is 18.7 Å². The molecule has 2 aromatic rings. The van der Waals surface area contributed by atoms with E-state index >= 15 is 0 Å². The summed E-state index contributed by atoms with van der Waals surface area (Å²) in [5.74, 6) is -1.07. The molecule has 0 saturated heterocycles. The van der Waals surface area contributed by atoms with E-state index < -0.39 is 21.9 Å². The molecule has 0 aliphatic carbocycles. The van der Waals surface area contributed by atoms with Crippen LogP contribution in [-0.2, 0) is 19.6 Å². The van der Waals surface area contributed by atoms with Crippen LogP contribution < -0.4 is 5.32 Å². The van der Waals surface area contributed by atoms with Crippen molar-refractivity contribution in [1.29, 1.82) is 0 Å². The summed E-state index contributed by atoms with van der Waals surface area (Å²) in [4.78, 5) is 23.9. The van der Waals surface area contributed by atoms with Gasteiger partial charge in [-0.1, -0.05) is 23.8 Å². The minimum atomic E-state index is -3.94. The molecule has 0 saturated carbocycles. The molecular weight excluding hydrogens is 368 g/mol. The van der Waals surface area contributed by atoms with Crippen LogP contribution in [0.15, 0.2) is 53.4 Å². The number of aryl methyl sites for hydroxylation is 1. The SMILES string of the molecule is CCOC(=O)c1cccc(S(=O)(=O)N(C)CC(=O)Nc2ccc(C)cc2)c1. The van der Waals surface area contributed by atoms with Crippen molar-refractivity contribution in [1.82, 2.24) is 4.31 Å². The highest BCUT2D eigenvalue weighted by Gasteiger charge is 2.24. The van der Waals surface area contributed by atoms with Gasteiger partial charge in [0.1, 0.15) is 0 Å². The molecule has 0 unspecified atom stereocenters. The fourth-order valence-corrected chi connectivity index (χ4v) is 3.48. The highest BCUT2D eigenvalue weighted by atomic mass is 32.2. The molecule has 2 aromatic carbocycles. The lowest BCUT2D eigenvalue weighted by Crippen LogP contribution is -2.35. The van der Waals surface area contributed by atoms with Gasteiger partial charge in [-0.05, 0) is 44.2 Å². The Morgan fingerprint density at radius 1 is 1.11 bits per heavy atom. The number of carbonyl (C=O) groups is 2. The standard InChI is InChI=1S/C19H22N2O5S/c1-4-26-19(23)15-6-5-7-17(12-15)27(24,25)21(3)13-18(22)20-16-10-8-14(2)9-11-16/h5-12H,4,13H2,1-3H3,(H,20,22). The quantitative estimate of drug-likeness (QED) is 0.733. The number of anilines is 1. The topological polar surface area (TPSA) is 92.8 Å². The lowest BCUT2D eigenvalue weighted by Gasteiger charge is -2.17. The third kappa shape index (κ3) is 5.38. The molecule has 1 N–H and O–H groups in total. The predicted octanol–water partition coefficient (Wildman–Crippen LogP) is 2.43. The Bertz CT molecular complexity index is 923. The van der Waals surface area contributed by atoms with E-state index in [9.17, 15) is 18.0 Å². The molecule has 0 aliphatic heterocycles. The van der Waals surface area contributed by atoms with Crippen molar-refractivity contribution in [3.05, 3.63) is 59.7 Å². The second kappa shape index (κ2) is 8.79. The van der Waals surface area contributed by atoms with Gasteiger partial charge in [-0.15, -0.1) is 0 Å². The van der Waals surface area contributed by atoms with Crippen LogP contribution in [0.4, 0.5) is 5.69 Å². The number of benzene rings is 2. The molecule has 27 heavy (non-hydrogen) atoms. The highest BCUT2D eigenvalue weighted by Crippen LogP contribution is 2.17. The van der Waals surface area contributed by atoms with Gasteiger partial charge in [0, 0.05) is 12.7 Å². The molecule has 0 spiro atoms. The van der Waals surface area contributed by atoms with Crippen LogP contribution in [0.5, 0.6) is 0 Å². The Labute approximate surface area is 159 Å². The van der Waals surface area contributed by atoms with Crippen molar-refractivity contribution in [2.24, 2.45) is 0 Å². The van der Waals surface area contributed by atoms with Gasteiger partial charge in [-0.2, -0.15) is 4.31 Å². The lowest BCUT2D eigenvalue weighted by atomic mass is 10.2. The van der Waals surface area contributed by atoms with Gasteiger partial charge in [-0.25, -0.2) is 13.2 Å². The van der Waals surface area contributed by atoms with Crippen molar-refractivity contribution in [3.8, 4) is 0 Å². The number of carbonyl (C=O) groups excluding carboxylic acids is 2. The first-order valence-electron chi connectivity index (χ1n) is 8.34. The zero-order chi connectivity index (χ0) is 20.0. The molecule has 0 aliphatic rings. The van der Waals surface area contributed by atoms with E-state index in [1.54, 1.807) is 19.1 Å². The number of nitrogens with one attached hydrogen (secondary N) is 1. The van der Waals surface area contributed by atoms with E-state index in [0.29, 0.717) is 5.69 Å². The Kier molecular flexibility index (Phi) is 6.70. The van der Waals surface area contributed by atoms with Crippen LogP contribution in [0.3, 0.4) is 0 Å². The monoisotopic (exact) mass is 390 g/mol. The maximum absolute atomic E-state index is 12.7. The fraction of sp³-hybridized carbons (Fsp3) is 0.263. The molecular formula is C19H22N2O5S. The number of likely N-dealkylation sites (N-methyl/N-ethyl adjacent to an activating group) is 1. The maximum atomic E-state index is 12.7. The summed E-state index contributed by atoms with van der Waals surface area (Å²) < 4.78 is 31.2. The number of rotatable bonds is 7. The number of nitrogens with zero attached hydrogens (tertiary/aromatic N) is 1. The van der Waals surface area contributed by atoms with E-state index in [4.69, 9.17) is 4.74 Å². The molecule has 8 heteroatoms. The molecule has 0 radical (unpaired) electrons. The molecule has 7 nitrogen and oxygen atoms in total. The van der Waals surface area contributed by atoms with Gasteiger partial charge in [0.15, 0.2) is 0 Å². The van der Waals surface area contributed by atoms with Crippen LogP contribution in [0.2, 0.25) is 0 Å². The van der Waals surface area contributed by atoms with Crippen LogP contribution in [0.25, 0.3) is 0 Å². The first kappa shape index (κ1) is 20.6. The van der Waals surface area contributed by atoms with E-state index in [2.05, 4.69) is 5.32 Å². The summed E-state index contributed by atoms with van der Waals surface area (Å²) >= 11 is 0. The van der Waals surface area contributed by atoms with E-state index in [0.717, 1.165) is 9.87 Å². The molecule has 2 rings (SSSR count). The largest absolute Gasteiger partial charge is 0.462 e. The predicted molar refractivity (Wildman–Crippen MR) is 102 cm³/mol. The van der Waals surface area contributed by atoms with Gasteiger partial charge in [0.05, 0.1) is 23.6 Å². The second-order valence-corrected chi connectivity index (χ2v) is 7.97. The average Bonchev–Trinajstić information content (AvgIpc) is 2.63. The maximum Gasteiger partial charge on any atom is 0.338 e.